The van der Waals surface area contributed by atoms with Crippen LogP contribution in [-0.4, -0.2) is 71.6 Å². The lowest BCUT2D eigenvalue weighted by Crippen LogP contribution is -2.49. The number of amides is 2. The number of aliphatic hydroxyl groups is 1. The predicted octanol–water partition coefficient (Wildman–Crippen LogP) is -0.596. The molecule has 152 valence electrons. The Bertz CT molecular complexity index is 591. The Hall–Kier alpha value is -2.47. The molecule has 0 fully saturated rings. The van der Waals surface area contributed by atoms with E-state index in [0.717, 1.165) is 6.92 Å². The van der Waals surface area contributed by atoms with Crippen molar-refractivity contribution in [1.29, 1.82) is 0 Å². The molecule has 1 atom stereocenters. The van der Waals surface area contributed by atoms with Gasteiger partial charge in [0.25, 0.3) is 5.97 Å². The fourth-order valence-corrected chi connectivity index (χ4v) is 1.89. The Morgan fingerprint density at radius 2 is 1.44 bits per heavy atom. The number of nitrogens with one attached hydrogen (secondary N) is 3. The molecular formula is C15H27N7O5. The van der Waals surface area contributed by atoms with E-state index in [1.165, 1.54) is 0 Å². The number of aliphatic carboxylic acids is 1. The van der Waals surface area contributed by atoms with Gasteiger partial charge in [-0.1, -0.05) is 0 Å². The lowest BCUT2D eigenvalue weighted by atomic mass is 10.2. The summed E-state index contributed by atoms with van der Waals surface area (Å²) in [5, 5.41) is 40.2. The zero-order chi connectivity index (χ0) is 20.5. The molecule has 0 spiro atoms. The van der Waals surface area contributed by atoms with E-state index in [4.69, 9.17) is 9.90 Å². The van der Waals surface area contributed by atoms with Crippen molar-refractivity contribution < 1.29 is 24.6 Å². The summed E-state index contributed by atoms with van der Waals surface area (Å²) >= 11 is 0. The van der Waals surface area contributed by atoms with E-state index in [1.807, 2.05) is 13.8 Å². The van der Waals surface area contributed by atoms with Crippen LogP contribution >= 0.6 is 0 Å². The summed E-state index contributed by atoms with van der Waals surface area (Å²) in [5.74, 6) is -1.54. The maximum absolute atomic E-state index is 11.9. The van der Waals surface area contributed by atoms with Crippen LogP contribution in [0, 0.1) is 0 Å². The van der Waals surface area contributed by atoms with Crippen LogP contribution in [0.15, 0.2) is 20.5 Å². The van der Waals surface area contributed by atoms with Gasteiger partial charge in [-0.05, 0) is 13.8 Å². The minimum atomic E-state index is -0.833. The smallest absolute Gasteiger partial charge is 0.300 e. The average Bonchev–Trinajstić information content (AvgIpc) is 3.49. The number of carboxylic acid groups (broad SMARTS) is 1. The van der Waals surface area contributed by atoms with Crippen molar-refractivity contribution in [1.82, 2.24) is 16.0 Å². The number of carboxylic acids is 1. The second kappa shape index (κ2) is 10.0. The zero-order valence-electron chi connectivity index (χ0n) is 15.7. The molecule has 0 saturated carbocycles. The topological polar surface area (TPSA) is 177 Å². The summed E-state index contributed by atoms with van der Waals surface area (Å²) in [5.41, 5.74) is -0.695. The van der Waals surface area contributed by atoms with Crippen LogP contribution in [0.4, 0.5) is 0 Å². The monoisotopic (exact) mass is 385 g/mol. The molecule has 0 bridgehead atoms. The van der Waals surface area contributed by atoms with Crippen LogP contribution in [0.25, 0.3) is 0 Å². The summed E-state index contributed by atoms with van der Waals surface area (Å²) in [4.78, 5) is 32.5. The van der Waals surface area contributed by atoms with Crippen molar-refractivity contribution in [2.45, 2.75) is 51.0 Å². The summed E-state index contributed by atoms with van der Waals surface area (Å²) in [7, 11) is 0. The molecule has 0 aromatic carbocycles. The first kappa shape index (κ1) is 22.6. The number of rotatable bonds is 11. The number of nitrogens with zero attached hydrogens (tertiary/aromatic N) is 4. The van der Waals surface area contributed by atoms with E-state index in [0.29, 0.717) is 25.9 Å². The van der Waals surface area contributed by atoms with E-state index in [2.05, 4.69) is 36.4 Å². The first-order valence-corrected chi connectivity index (χ1v) is 8.55. The second-order valence-corrected chi connectivity index (χ2v) is 6.61. The molecule has 2 aliphatic heterocycles. The third-order valence-electron chi connectivity index (χ3n) is 3.72. The molecule has 0 aliphatic carbocycles. The second-order valence-electron chi connectivity index (χ2n) is 6.61. The van der Waals surface area contributed by atoms with E-state index < -0.39 is 17.9 Å². The third-order valence-corrected chi connectivity index (χ3v) is 3.72. The standard InChI is InChI=1S/C13H23N7O3.C2H4O2/c1-12(17-18-12)3-5-14-9(8-21)11(23)16-7-10(22)15-6-4-13(2)19-20-13;1-2(3)4/h9,14,21H,3-8H2,1-2H3,(H,15,22)(H,16,23);1H3,(H,3,4). The maximum Gasteiger partial charge on any atom is 0.300 e. The van der Waals surface area contributed by atoms with Gasteiger partial charge >= 0.3 is 0 Å². The number of carbonyl (C=O) groups excluding carboxylic acids is 2. The van der Waals surface area contributed by atoms with Gasteiger partial charge in [-0.15, -0.1) is 0 Å². The van der Waals surface area contributed by atoms with E-state index in [9.17, 15) is 14.7 Å². The van der Waals surface area contributed by atoms with E-state index in [-0.39, 0.29) is 30.4 Å². The van der Waals surface area contributed by atoms with Crippen molar-refractivity contribution in [3.05, 3.63) is 0 Å². The summed E-state index contributed by atoms with van der Waals surface area (Å²) < 4.78 is 0. The molecular weight excluding hydrogens is 358 g/mol. The lowest BCUT2D eigenvalue weighted by molar-refractivity contribution is -0.134. The quantitative estimate of drug-likeness (QED) is 0.317. The highest BCUT2D eigenvalue weighted by Gasteiger charge is 2.34. The van der Waals surface area contributed by atoms with Gasteiger partial charge in [0.2, 0.25) is 11.8 Å². The highest BCUT2D eigenvalue weighted by molar-refractivity contribution is 5.87. The number of aliphatic hydroxyl groups excluding tert-OH is 1. The van der Waals surface area contributed by atoms with Gasteiger partial charge in [-0.2, -0.15) is 20.5 Å². The summed E-state index contributed by atoms with van der Waals surface area (Å²) in [6.45, 7) is 5.31. The molecule has 5 N–H and O–H groups in total. The molecule has 0 saturated heterocycles. The molecule has 2 heterocycles. The van der Waals surface area contributed by atoms with Gasteiger partial charge < -0.3 is 26.2 Å². The molecule has 0 radical (unpaired) electrons. The maximum atomic E-state index is 11.9. The minimum absolute atomic E-state index is 0.135. The van der Waals surface area contributed by atoms with Crippen molar-refractivity contribution in [3.63, 3.8) is 0 Å². The first-order valence-electron chi connectivity index (χ1n) is 8.55. The molecule has 12 nitrogen and oxygen atoms in total. The summed E-state index contributed by atoms with van der Waals surface area (Å²) in [6, 6.07) is -0.756. The predicted molar refractivity (Wildman–Crippen MR) is 94.0 cm³/mol. The van der Waals surface area contributed by atoms with Crippen LogP contribution < -0.4 is 16.0 Å². The Labute approximate surface area is 156 Å². The molecule has 0 aromatic heterocycles. The van der Waals surface area contributed by atoms with Crippen LogP contribution in [0.1, 0.15) is 33.6 Å². The Kier molecular flexibility index (Phi) is 8.37. The normalized spacial score (nSPS) is 17.9. The Morgan fingerprint density at radius 3 is 1.89 bits per heavy atom. The SMILES string of the molecule is CC(=O)O.CC1(CCNC(=O)CNC(=O)C(CO)NCCC2(C)N=N2)N=N1. The molecule has 2 amide bonds. The van der Waals surface area contributed by atoms with Crippen molar-refractivity contribution >= 4 is 17.8 Å². The Morgan fingerprint density at radius 1 is 0.963 bits per heavy atom. The first-order chi connectivity index (χ1) is 12.6. The molecule has 12 heteroatoms. The molecule has 2 aliphatic rings. The fourth-order valence-electron chi connectivity index (χ4n) is 1.89. The van der Waals surface area contributed by atoms with E-state index in [1.54, 1.807) is 0 Å². The van der Waals surface area contributed by atoms with Crippen LogP contribution in [-0.2, 0) is 14.4 Å². The van der Waals surface area contributed by atoms with Gasteiger partial charge in [0.1, 0.15) is 6.04 Å². The zero-order valence-corrected chi connectivity index (χ0v) is 15.7. The lowest BCUT2D eigenvalue weighted by Gasteiger charge is -2.16. The molecule has 2 rings (SSSR count). The molecule has 1 unspecified atom stereocenters. The van der Waals surface area contributed by atoms with Crippen LogP contribution in [0.5, 0.6) is 0 Å². The molecule has 27 heavy (non-hydrogen) atoms. The summed E-state index contributed by atoms with van der Waals surface area (Å²) in [6.07, 6.45) is 1.30. The van der Waals surface area contributed by atoms with E-state index >= 15 is 0 Å². The average molecular weight is 385 g/mol. The minimum Gasteiger partial charge on any atom is -0.481 e. The van der Waals surface area contributed by atoms with Crippen LogP contribution in [0.3, 0.4) is 0 Å². The number of hydrogen-bond acceptors (Lipinski definition) is 9. The highest BCUT2D eigenvalue weighted by Crippen LogP contribution is 2.30. The third kappa shape index (κ3) is 10.3. The van der Waals surface area contributed by atoms with Gasteiger partial charge in [-0.25, -0.2) is 0 Å². The Balaban J connectivity index is 0.000000828. The van der Waals surface area contributed by atoms with Gasteiger partial charge in [0.15, 0.2) is 11.3 Å². The van der Waals surface area contributed by atoms with Crippen molar-refractivity contribution in [3.8, 4) is 0 Å². The van der Waals surface area contributed by atoms with Gasteiger partial charge in [0.05, 0.1) is 13.2 Å². The van der Waals surface area contributed by atoms with Crippen LogP contribution in [0.2, 0.25) is 0 Å². The van der Waals surface area contributed by atoms with Crippen molar-refractivity contribution in [2.24, 2.45) is 20.5 Å². The number of carbonyl (C=O) groups is 3. The molecule has 0 aromatic rings. The van der Waals surface area contributed by atoms with Crippen molar-refractivity contribution in [2.75, 3.05) is 26.2 Å². The van der Waals surface area contributed by atoms with Gasteiger partial charge in [-0.3, -0.25) is 14.4 Å². The fraction of sp³-hybridized carbons (Fsp3) is 0.800. The highest BCUT2D eigenvalue weighted by atomic mass is 16.4. The number of hydrogen-bond donors (Lipinski definition) is 5. The largest absolute Gasteiger partial charge is 0.481 e. The van der Waals surface area contributed by atoms with Gasteiger partial charge in [0, 0.05) is 32.9 Å².